The third-order valence-electron chi connectivity index (χ3n) is 2.73. The zero-order chi connectivity index (χ0) is 16.5. The van der Waals surface area contributed by atoms with Crippen molar-refractivity contribution in [1.29, 1.82) is 0 Å². The Bertz CT molecular complexity index is 769. The minimum absolute atomic E-state index is 0.143. The monoisotopic (exact) mass is 313 g/mol. The number of halogens is 3. The Balaban J connectivity index is 2.56. The number of carbonyl (C=O) groups is 1. The fourth-order valence-corrected chi connectivity index (χ4v) is 1.69. The van der Waals surface area contributed by atoms with E-state index in [1.54, 1.807) is 0 Å². The van der Waals surface area contributed by atoms with Gasteiger partial charge in [0.05, 0.1) is 11.3 Å². The molecule has 0 radical (unpaired) electrons. The van der Waals surface area contributed by atoms with Crippen molar-refractivity contribution in [2.75, 3.05) is 7.05 Å². The summed E-state index contributed by atoms with van der Waals surface area (Å²) in [5.74, 6) is -0.902. The molecule has 0 saturated carbocycles. The SMILES string of the molecule is CN(O)C(=O)c1ccc(=O)n(-c2cccc(C(F)(F)F)c2)n1. The van der Waals surface area contributed by atoms with Gasteiger partial charge in [-0.1, -0.05) is 6.07 Å². The number of rotatable bonds is 2. The van der Waals surface area contributed by atoms with Gasteiger partial charge in [0, 0.05) is 13.1 Å². The molecule has 6 nitrogen and oxygen atoms in total. The molecule has 1 N–H and O–H groups in total. The summed E-state index contributed by atoms with van der Waals surface area (Å²) in [7, 11) is 1.06. The van der Waals surface area contributed by atoms with E-state index in [2.05, 4.69) is 5.10 Å². The van der Waals surface area contributed by atoms with E-state index < -0.39 is 23.2 Å². The molecule has 0 spiro atoms. The highest BCUT2D eigenvalue weighted by Crippen LogP contribution is 2.29. The van der Waals surface area contributed by atoms with E-state index in [4.69, 9.17) is 5.21 Å². The average molecular weight is 313 g/mol. The Hall–Kier alpha value is -2.68. The number of alkyl halides is 3. The molecule has 0 atom stereocenters. The second-order valence-electron chi connectivity index (χ2n) is 4.35. The maximum atomic E-state index is 12.7. The van der Waals surface area contributed by atoms with Crippen molar-refractivity contribution in [2.24, 2.45) is 0 Å². The van der Waals surface area contributed by atoms with Crippen molar-refractivity contribution in [2.45, 2.75) is 6.18 Å². The van der Waals surface area contributed by atoms with E-state index in [1.165, 1.54) is 6.07 Å². The number of amides is 1. The smallest absolute Gasteiger partial charge is 0.286 e. The maximum Gasteiger partial charge on any atom is 0.416 e. The van der Waals surface area contributed by atoms with E-state index >= 15 is 0 Å². The summed E-state index contributed by atoms with van der Waals surface area (Å²) in [5, 5.41) is 13.0. The van der Waals surface area contributed by atoms with Gasteiger partial charge >= 0.3 is 6.18 Å². The van der Waals surface area contributed by atoms with Crippen LogP contribution in [0.5, 0.6) is 0 Å². The summed E-state index contributed by atoms with van der Waals surface area (Å²) in [5.41, 5.74) is -2.09. The number of aromatic nitrogens is 2. The normalized spacial score (nSPS) is 11.3. The van der Waals surface area contributed by atoms with E-state index in [0.717, 1.165) is 37.4 Å². The molecule has 0 bridgehead atoms. The second kappa shape index (κ2) is 5.60. The van der Waals surface area contributed by atoms with Gasteiger partial charge in [-0.15, -0.1) is 0 Å². The molecule has 0 fully saturated rings. The Morgan fingerprint density at radius 2 is 1.95 bits per heavy atom. The highest BCUT2D eigenvalue weighted by molar-refractivity contribution is 5.91. The van der Waals surface area contributed by atoms with Gasteiger partial charge in [0.1, 0.15) is 0 Å². The fraction of sp³-hybridized carbons (Fsp3) is 0.154. The first-order valence-corrected chi connectivity index (χ1v) is 5.95. The minimum Gasteiger partial charge on any atom is -0.286 e. The van der Waals surface area contributed by atoms with Crippen molar-refractivity contribution >= 4 is 5.91 Å². The first-order chi connectivity index (χ1) is 10.2. The van der Waals surface area contributed by atoms with E-state index in [0.29, 0.717) is 4.68 Å². The van der Waals surface area contributed by atoms with Crippen molar-refractivity contribution in [3.63, 3.8) is 0 Å². The van der Waals surface area contributed by atoms with Crippen molar-refractivity contribution in [3.05, 3.63) is 58.0 Å². The van der Waals surface area contributed by atoms with Crippen LogP contribution in [-0.4, -0.2) is 33.0 Å². The van der Waals surface area contributed by atoms with Gasteiger partial charge in [-0.25, -0.2) is 5.06 Å². The number of carbonyl (C=O) groups excluding carboxylic acids is 1. The van der Waals surface area contributed by atoms with Gasteiger partial charge in [0.25, 0.3) is 11.5 Å². The van der Waals surface area contributed by atoms with Gasteiger partial charge in [-0.05, 0) is 24.3 Å². The van der Waals surface area contributed by atoms with Gasteiger partial charge < -0.3 is 0 Å². The first kappa shape index (κ1) is 15.7. The van der Waals surface area contributed by atoms with Gasteiger partial charge in [-0.2, -0.15) is 23.0 Å². The Labute approximate surface area is 122 Å². The lowest BCUT2D eigenvalue weighted by Crippen LogP contribution is -2.28. The van der Waals surface area contributed by atoms with Gasteiger partial charge in [0.2, 0.25) is 0 Å². The van der Waals surface area contributed by atoms with Crippen LogP contribution < -0.4 is 5.56 Å². The molecule has 9 heteroatoms. The zero-order valence-corrected chi connectivity index (χ0v) is 11.2. The van der Waals surface area contributed by atoms with Gasteiger partial charge in [-0.3, -0.25) is 14.8 Å². The average Bonchev–Trinajstić information content (AvgIpc) is 2.46. The van der Waals surface area contributed by atoms with Crippen LogP contribution in [0.2, 0.25) is 0 Å². The predicted molar refractivity (Wildman–Crippen MR) is 68.7 cm³/mol. The summed E-state index contributed by atoms with van der Waals surface area (Å²) in [6, 6.07) is 6.02. The molecule has 22 heavy (non-hydrogen) atoms. The molecule has 2 aromatic rings. The van der Waals surface area contributed by atoms with E-state index in [1.807, 2.05) is 0 Å². The van der Waals surface area contributed by atoms with Crippen LogP contribution in [-0.2, 0) is 6.18 Å². The molecule has 0 aliphatic carbocycles. The summed E-state index contributed by atoms with van der Waals surface area (Å²) in [6.45, 7) is 0. The Morgan fingerprint density at radius 3 is 2.55 bits per heavy atom. The van der Waals surface area contributed by atoms with Crippen LogP contribution >= 0.6 is 0 Å². The molecule has 0 aliphatic rings. The number of hydrogen-bond acceptors (Lipinski definition) is 4. The molecule has 1 heterocycles. The zero-order valence-electron chi connectivity index (χ0n) is 11.2. The third kappa shape index (κ3) is 3.14. The quantitative estimate of drug-likeness (QED) is 0.676. The predicted octanol–water partition coefficient (Wildman–Crippen LogP) is 1.71. The number of hydroxylamine groups is 2. The van der Waals surface area contributed by atoms with Crippen molar-refractivity contribution in [1.82, 2.24) is 14.8 Å². The molecular weight excluding hydrogens is 303 g/mol. The van der Waals surface area contributed by atoms with Crippen molar-refractivity contribution < 1.29 is 23.2 Å². The van der Waals surface area contributed by atoms with Crippen LogP contribution in [0.3, 0.4) is 0 Å². The van der Waals surface area contributed by atoms with Crippen LogP contribution in [0.1, 0.15) is 16.1 Å². The Kier molecular flexibility index (Phi) is 4.00. The summed E-state index contributed by atoms with van der Waals surface area (Å²) >= 11 is 0. The summed E-state index contributed by atoms with van der Waals surface area (Å²) in [6.07, 6.45) is -4.57. The highest BCUT2D eigenvalue weighted by Gasteiger charge is 2.30. The lowest BCUT2D eigenvalue weighted by molar-refractivity contribution is -0.137. The standard InChI is InChI=1S/C13H10F3N3O3/c1-18(22)12(21)10-5-6-11(20)19(17-10)9-4-2-3-8(7-9)13(14,15)16/h2-7,22H,1H3. The van der Waals surface area contributed by atoms with E-state index in [-0.39, 0.29) is 16.4 Å². The first-order valence-electron chi connectivity index (χ1n) is 5.95. The summed E-state index contributed by atoms with van der Waals surface area (Å²) in [4.78, 5) is 23.3. The number of benzene rings is 1. The van der Waals surface area contributed by atoms with E-state index in [9.17, 15) is 22.8 Å². The minimum atomic E-state index is -4.57. The summed E-state index contributed by atoms with van der Waals surface area (Å²) < 4.78 is 38.7. The molecule has 1 aromatic carbocycles. The number of nitrogens with zero attached hydrogens (tertiary/aromatic N) is 3. The Morgan fingerprint density at radius 1 is 1.27 bits per heavy atom. The molecule has 0 saturated heterocycles. The largest absolute Gasteiger partial charge is 0.416 e. The van der Waals surface area contributed by atoms with Crippen LogP contribution in [0.15, 0.2) is 41.2 Å². The molecule has 0 unspecified atom stereocenters. The third-order valence-corrected chi connectivity index (χ3v) is 2.73. The highest BCUT2D eigenvalue weighted by atomic mass is 19.4. The second-order valence-corrected chi connectivity index (χ2v) is 4.35. The van der Waals surface area contributed by atoms with Gasteiger partial charge in [0.15, 0.2) is 5.69 Å². The molecule has 1 aromatic heterocycles. The molecule has 116 valence electrons. The fourth-order valence-electron chi connectivity index (χ4n) is 1.69. The molecule has 2 rings (SSSR count). The lowest BCUT2D eigenvalue weighted by atomic mass is 10.2. The topological polar surface area (TPSA) is 75.4 Å². The van der Waals surface area contributed by atoms with Crippen LogP contribution in [0.4, 0.5) is 13.2 Å². The maximum absolute atomic E-state index is 12.7. The van der Waals surface area contributed by atoms with Crippen molar-refractivity contribution in [3.8, 4) is 5.69 Å². The van der Waals surface area contributed by atoms with Crippen LogP contribution in [0.25, 0.3) is 5.69 Å². The molecule has 1 amide bonds. The molecule has 0 aliphatic heterocycles. The lowest BCUT2D eigenvalue weighted by Gasteiger charge is -2.11. The van der Waals surface area contributed by atoms with Crippen LogP contribution in [0, 0.1) is 0 Å². The molecular formula is C13H10F3N3O3. The number of hydrogen-bond donors (Lipinski definition) is 1.